The van der Waals surface area contributed by atoms with Crippen LogP contribution in [-0.4, -0.2) is 52.6 Å². The van der Waals surface area contributed by atoms with Crippen molar-refractivity contribution in [2.24, 2.45) is 4.99 Å². The third-order valence-electron chi connectivity index (χ3n) is 4.09. The van der Waals surface area contributed by atoms with Crippen molar-refractivity contribution in [3.05, 3.63) is 18.2 Å². The van der Waals surface area contributed by atoms with Crippen LogP contribution in [0.3, 0.4) is 0 Å². The SMILES string of the molecule is CCNC(=NCc1nccn1C(F)F)NCC1CCCN1CC.I. The zero-order valence-electron chi connectivity index (χ0n) is 14.2. The second-order valence-corrected chi connectivity index (χ2v) is 5.53. The topological polar surface area (TPSA) is 57.5 Å². The van der Waals surface area contributed by atoms with Crippen LogP contribution in [-0.2, 0) is 6.54 Å². The number of imidazole rings is 1. The minimum Gasteiger partial charge on any atom is -0.357 e. The molecule has 0 saturated carbocycles. The number of likely N-dealkylation sites (tertiary alicyclic amines) is 1. The third kappa shape index (κ3) is 5.83. The summed E-state index contributed by atoms with van der Waals surface area (Å²) < 4.78 is 26.4. The molecular formula is C15H27F2IN6. The molecule has 2 N–H and O–H groups in total. The van der Waals surface area contributed by atoms with Crippen molar-refractivity contribution >= 4 is 29.9 Å². The number of alkyl halides is 2. The summed E-state index contributed by atoms with van der Waals surface area (Å²) in [7, 11) is 0. The Morgan fingerprint density at radius 2 is 2.21 bits per heavy atom. The molecule has 1 aliphatic rings. The lowest BCUT2D eigenvalue weighted by Gasteiger charge is -2.24. The Kier molecular flexibility index (Phi) is 9.49. The molecule has 0 aromatic carbocycles. The van der Waals surface area contributed by atoms with Gasteiger partial charge in [-0.1, -0.05) is 6.92 Å². The Bertz CT molecular complexity index is 508. The molecule has 0 spiro atoms. The minimum atomic E-state index is -2.59. The molecule has 9 heteroatoms. The Labute approximate surface area is 159 Å². The summed E-state index contributed by atoms with van der Waals surface area (Å²) in [5.41, 5.74) is 0. The molecule has 1 unspecified atom stereocenters. The summed E-state index contributed by atoms with van der Waals surface area (Å²) in [6.45, 7) is 5.39. The van der Waals surface area contributed by atoms with Gasteiger partial charge in [0, 0.05) is 31.5 Å². The highest BCUT2D eigenvalue weighted by Gasteiger charge is 2.22. The zero-order valence-corrected chi connectivity index (χ0v) is 16.5. The second kappa shape index (κ2) is 10.8. The van der Waals surface area contributed by atoms with Crippen LogP contribution in [0, 0.1) is 0 Å². The van der Waals surface area contributed by atoms with Crippen molar-refractivity contribution in [3.63, 3.8) is 0 Å². The molecule has 1 aliphatic heterocycles. The summed E-state index contributed by atoms with van der Waals surface area (Å²) in [5, 5.41) is 6.46. The van der Waals surface area contributed by atoms with Gasteiger partial charge in [0.2, 0.25) is 0 Å². The third-order valence-corrected chi connectivity index (χ3v) is 4.09. The number of hydrogen-bond donors (Lipinski definition) is 2. The van der Waals surface area contributed by atoms with Gasteiger partial charge in [0.05, 0.1) is 0 Å². The maximum atomic E-state index is 12.8. The van der Waals surface area contributed by atoms with Gasteiger partial charge in [-0.15, -0.1) is 24.0 Å². The lowest BCUT2D eigenvalue weighted by Crippen LogP contribution is -2.44. The summed E-state index contributed by atoms with van der Waals surface area (Å²) in [4.78, 5) is 10.8. The molecule has 138 valence electrons. The molecule has 1 atom stereocenters. The molecule has 1 aromatic heterocycles. The van der Waals surface area contributed by atoms with E-state index >= 15 is 0 Å². The Morgan fingerprint density at radius 3 is 2.88 bits per heavy atom. The second-order valence-electron chi connectivity index (χ2n) is 5.53. The fraction of sp³-hybridized carbons (Fsp3) is 0.733. The molecule has 1 fully saturated rings. The van der Waals surface area contributed by atoms with Gasteiger partial charge in [-0.3, -0.25) is 9.47 Å². The molecular weight excluding hydrogens is 429 g/mol. The van der Waals surface area contributed by atoms with E-state index in [0.29, 0.717) is 12.0 Å². The van der Waals surface area contributed by atoms with Crippen LogP contribution in [0.2, 0.25) is 0 Å². The van der Waals surface area contributed by atoms with Gasteiger partial charge < -0.3 is 10.6 Å². The van der Waals surface area contributed by atoms with Crippen molar-refractivity contribution < 1.29 is 8.78 Å². The lowest BCUT2D eigenvalue weighted by atomic mass is 10.2. The van der Waals surface area contributed by atoms with Crippen LogP contribution in [0.25, 0.3) is 0 Å². The van der Waals surface area contributed by atoms with E-state index in [4.69, 9.17) is 0 Å². The molecule has 24 heavy (non-hydrogen) atoms. The molecule has 2 rings (SSSR count). The number of guanidine groups is 1. The number of nitrogens with zero attached hydrogens (tertiary/aromatic N) is 4. The van der Waals surface area contributed by atoms with Crippen LogP contribution >= 0.6 is 24.0 Å². The largest absolute Gasteiger partial charge is 0.357 e. The van der Waals surface area contributed by atoms with E-state index in [1.54, 1.807) is 0 Å². The van der Waals surface area contributed by atoms with Crippen LogP contribution in [0.4, 0.5) is 8.78 Å². The Hall–Kier alpha value is -0.970. The number of nitrogens with one attached hydrogen (secondary N) is 2. The van der Waals surface area contributed by atoms with E-state index in [9.17, 15) is 8.78 Å². The summed E-state index contributed by atoms with van der Waals surface area (Å²) in [6, 6.07) is 0.506. The van der Waals surface area contributed by atoms with E-state index in [2.05, 4.69) is 32.4 Å². The number of aliphatic imine (C=N–C) groups is 1. The van der Waals surface area contributed by atoms with Crippen molar-refractivity contribution in [2.45, 2.75) is 45.8 Å². The van der Waals surface area contributed by atoms with Crippen LogP contribution < -0.4 is 10.6 Å². The molecule has 0 radical (unpaired) electrons. The van der Waals surface area contributed by atoms with E-state index in [-0.39, 0.29) is 36.3 Å². The van der Waals surface area contributed by atoms with Gasteiger partial charge in [0.25, 0.3) is 0 Å². The molecule has 2 heterocycles. The van der Waals surface area contributed by atoms with Gasteiger partial charge in [0.1, 0.15) is 12.4 Å². The Balaban J connectivity index is 0.00000288. The number of aromatic nitrogens is 2. The van der Waals surface area contributed by atoms with Crippen molar-refractivity contribution in [1.29, 1.82) is 0 Å². The highest BCUT2D eigenvalue weighted by molar-refractivity contribution is 14.0. The first-order valence-corrected chi connectivity index (χ1v) is 8.21. The first-order chi connectivity index (χ1) is 11.2. The Morgan fingerprint density at radius 1 is 1.42 bits per heavy atom. The van der Waals surface area contributed by atoms with E-state index in [1.165, 1.54) is 25.2 Å². The normalized spacial score (nSPS) is 18.7. The van der Waals surface area contributed by atoms with Gasteiger partial charge in [-0.25, -0.2) is 9.98 Å². The monoisotopic (exact) mass is 456 g/mol. The number of halogens is 3. The lowest BCUT2D eigenvalue weighted by molar-refractivity contribution is 0.0671. The summed E-state index contributed by atoms with van der Waals surface area (Å²) in [6.07, 6.45) is 5.04. The first-order valence-electron chi connectivity index (χ1n) is 8.21. The highest BCUT2D eigenvalue weighted by atomic mass is 127. The molecule has 6 nitrogen and oxygen atoms in total. The van der Waals surface area contributed by atoms with E-state index in [0.717, 1.165) is 30.7 Å². The van der Waals surface area contributed by atoms with Crippen LogP contribution in [0.1, 0.15) is 39.1 Å². The molecule has 0 aliphatic carbocycles. The standard InChI is InChI=1S/C15H26F2N6.HI/c1-3-18-15(20-10-12-6-5-8-22(12)4-2)21-11-13-19-7-9-23(13)14(16)17;/h7,9,12,14H,3-6,8,10-11H2,1-2H3,(H2,18,20,21);1H. The van der Waals surface area contributed by atoms with E-state index in [1.807, 2.05) is 6.92 Å². The summed E-state index contributed by atoms with van der Waals surface area (Å²) in [5.74, 6) is 0.896. The van der Waals surface area contributed by atoms with Crippen molar-refractivity contribution in [1.82, 2.24) is 25.1 Å². The highest BCUT2D eigenvalue weighted by Crippen LogP contribution is 2.15. The van der Waals surface area contributed by atoms with Crippen molar-refractivity contribution in [3.8, 4) is 0 Å². The molecule has 0 amide bonds. The van der Waals surface area contributed by atoms with Gasteiger partial charge in [-0.05, 0) is 32.9 Å². The fourth-order valence-electron chi connectivity index (χ4n) is 2.89. The predicted octanol–water partition coefficient (Wildman–Crippen LogP) is 2.44. The van der Waals surface area contributed by atoms with Crippen LogP contribution in [0.15, 0.2) is 17.4 Å². The van der Waals surface area contributed by atoms with Crippen LogP contribution in [0.5, 0.6) is 0 Å². The van der Waals surface area contributed by atoms with Gasteiger partial charge in [-0.2, -0.15) is 8.78 Å². The fourth-order valence-corrected chi connectivity index (χ4v) is 2.89. The van der Waals surface area contributed by atoms with Gasteiger partial charge in [0.15, 0.2) is 5.96 Å². The van der Waals surface area contributed by atoms with E-state index < -0.39 is 6.55 Å². The number of hydrogen-bond acceptors (Lipinski definition) is 3. The quantitative estimate of drug-likeness (QED) is 0.376. The number of likely N-dealkylation sites (N-methyl/N-ethyl adjacent to an activating group) is 1. The molecule has 1 aromatic rings. The predicted molar refractivity (Wildman–Crippen MR) is 102 cm³/mol. The van der Waals surface area contributed by atoms with Crippen molar-refractivity contribution in [2.75, 3.05) is 26.2 Å². The molecule has 0 bridgehead atoms. The zero-order chi connectivity index (χ0) is 16.7. The van der Waals surface area contributed by atoms with Gasteiger partial charge >= 0.3 is 6.55 Å². The average molecular weight is 456 g/mol. The average Bonchev–Trinajstić information content (AvgIpc) is 3.18. The maximum absolute atomic E-state index is 12.8. The first kappa shape index (κ1) is 21.1. The number of rotatable bonds is 7. The smallest absolute Gasteiger partial charge is 0.319 e. The maximum Gasteiger partial charge on any atom is 0.319 e. The minimum absolute atomic E-state index is 0. The molecule has 1 saturated heterocycles. The summed E-state index contributed by atoms with van der Waals surface area (Å²) >= 11 is 0.